The average Bonchev–Trinajstić information content (AvgIpc) is 3.55. The largest absolute Gasteiger partial charge is 0.309 e. The summed E-state index contributed by atoms with van der Waals surface area (Å²) in [7, 11) is 0. The Kier molecular flexibility index (Phi) is 7.62. The Hall–Kier alpha value is -6.58. The Morgan fingerprint density at radius 2 is 1.04 bits per heavy atom. The van der Waals surface area contributed by atoms with Crippen molar-refractivity contribution >= 4 is 6.08 Å². The molecule has 3 nitrogen and oxygen atoms in total. The lowest BCUT2D eigenvalue weighted by Crippen LogP contribution is -2.20. The van der Waals surface area contributed by atoms with E-state index in [2.05, 4.69) is 176 Å². The lowest BCUT2D eigenvalue weighted by molar-refractivity contribution is 0.646. The van der Waals surface area contributed by atoms with E-state index in [1.54, 1.807) is 0 Å². The highest BCUT2D eigenvalue weighted by Gasteiger charge is 2.37. The SMILES string of the molecule is CC1(C)c2ccccc2-c2c3c(n(-c4ccc(-c5cc(-c6ccc(-c7ccccc7)cc6)nc(-c6ccccc6)n5)cc4)c2-c2ccccc21)C=CCC3. The van der Waals surface area contributed by atoms with Gasteiger partial charge < -0.3 is 4.57 Å². The highest BCUT2D eigenvalue weighted by molar-refractivity contribution is 5.94. The molecule has 6 aromatic carbocycles. The van der Waals surface area contributed by atoms with Gasteiger partial charge in [-0.05, 0) is 70.5 Å². The maximum Gasteiger partial charge on any atom is 0.160 e. The van der Waals surface area contributed by atoms with E-state index in [1.165, 1.54) is 55.9 Å². The van der Waals surface area contributed by atoms with Crippen molar-refractivity contribution in [3.05, 3.63) is 192 Å². The number of nitrogens with zero attached hydrogens (tertiary/aromatic N) is 3. The van der Waals surface area contributed by atoms with Crippen LogP contribution in [-0.2, 0) is 11.8 Å². The molecule has 0 spiro atoms. The fourth-order valence-electron chi connectivity index (χ4n) is 8.63. The minimum atomic E-state index is -0.151. The van der Waals surface area contributed by atoms with Crippen LogP contribution in [0.1, 0.15) is 42.7 Å². The maximum atomic E-state index is 5.15. The summed E-state index contributed by atoms with van der Waals surface area (Å²) in [4.78, 5) is 10.2. The summed E-state index contributed by atoms with van der Waals surface area (Å²) in [5.74, 6) is 0.715. The van der Waals surface area contributed by atoms with E-state index in [9.17, 15) is 0 Å². The van der Waals surface area contributed by atoms with Crippen molar-refractivity contribution in [3.63, 3.8) is 0 Å². The van der Waals surface area contributed by atoms with Crippen molar-refractivity contribution in [1.82, 2.24) is 14.5 Å². The van der Waals surface area contributed by atoms with E-state index in [0.29, 0.717) is 5.82 Å². The van der Waals surface area contributed by atoms with E-state index < -0.39 is 0 Å². The molecule has 0 saturated carbocycles. The molecule has 0 amide bonds. The molecule has 258 valence electrons. The van der Waals surface area contributed by atoms with E-state index in [-0.39, 0.29) is 5.41 Å². The number of allylic oxidation sites excluding steroid dienone is 1. The van der Waals surface area contributed by atoms with Gasteiger partial charge in [-0.2, -0.15) is 0 Å². The molecule has 0 aliphatic heterocycles. The zero-order valence-electron chi connectivity index (χ0n) is 30.5. The standard InChI is InChI=1S/C51H39N3/c1-51(2)43-22-12-9-19-40(43)48-42-21-11-14-24-47(42)54(49(48)41-20-10-13-23-44(41)51)39-31-29-37(30-32-39)46-33-45(52-50(53-46)38-17-7-4-8-18-38)36-27-25-35(26-28-36)34-15-5-3-6-16-34/h3-10,12-20,22-33H,11,21H2,1-2H3. The molecule has 54 heavy (non-hydrogen) atoms. The zero-order valence-corrected chi connectivity index (χ0v) is 30.5. The smallest absolute Gasteiger partial charge is 0.160 e. The number of hydrogen-bond acceptors (Lipinski definition) is 2. The Morgan fingerprint density at radius 1 is 0.519 bits per heavy atom. The van der Waals surface area contributed by atoms with Crippen molar-refractivity contribution in [1.29, 1.82) is 0 Å². The third-order valence-electron chi connectivity index (χ3n) is 11.3. The van der Waals surface area contributed by atoms with E-state index in [1.807, 2.05) is 18.2 Å². The molecule has 10 rings (SSSR count). The number of rotatable bonds is 5. The van der Waals surface area contributed by atoms with Crippen LogP contribution in [0.5, 0.6) is 0 Å². The van der Waals surface area contributed by atoms with Gasteiger partial charge in [-0.15, -0.1) is 0 Å². The molecular formula is C51H39N3. The van der Waals surface area contributed by atoms with Crippen LogP contribution in [0.15, 0.2) is 170 Å². The lowest BCUT2D eigenvalue weighted by atomic mass is 9.75. The molecule has 0 unspecified atom stereocenters. The van der Waals surface area contributed by atoms with Gasteiger partial charge in [0.25, 0.3) is 0 Å². The highest BCUT2D eigenvalue weighted by atomic mass is 15.0. The summed E-state index contributed by atoms with van der Waals surface area (Å²) < 4.78 is 2.51. The summed E-state index contributed by atoms with van der Waals surface area (Å²) in [6, 6.07) is 58.6. The summed E-state index contributed by atoms with van der Waals surface area (Å²) in [5.41, 5.74) is 19.0. The van der Waals surface area contributed by atoms with Crippen LogP contribution in [0.2, 0.25) is 0 Å². The van der Waals surface area contributed by atoms with Gasteiger partial charge in [0.1, 0.15) is 0 Å². The molecule has 3 heteroatoms. The molecule has 0 atom stereocenters. The number of benzene rings is 6. The topological polar surface area (TPSA) is 30.7 Å². The summed E-state index contributed by atoms with van der Waals surface area (Å²) >= 11 is 0. The molecule has 2 aromatic heterocycles. The van der Waals surface area contributed by atoms with Crippen LogP contribution in [0.3, 0.4) is 0 Å². The fraction of sp³-hybridized carbons (Fsp3) is 0.0980. The summed E-state index contributed by atoms with van der Waals surface area (Å²) in [6.45, 7) is 4.75. The van der Waals surface area contributed by atoms with Crippen LogP contribution >= 0.6 is 0 Å². The van der Waals surface area contributed by atoms with Crippen LogP contribution in [0, 0.1) is 0 Å². The molecule has 2 aliphatic carbocycles. The molecule has 2 aliphatic rings. The van der Waals surface area contributed by atoms with Crippen molar-refractivity contribution < 1.29 is 0 Å². The van der Waals surface area contributed by atoms with E-state index >= 15 is 0 Å². The van der Waals surface area contributed by atoms with Crippen LogP contribution in [0.4, 0.5) is 0 Å². The second kappa shape index (κ2) is 12.8. The van der Waals surface area contributed by atoms with E-state index in [0.717, 1.165) is 46.6 Å². The van der Waals surface area contributed by atoms with Gasteiger partial charge in [-0.1, -0.05) is 166 Å². The zero-order chi connectivity index (χ0) is 36.2. The number of aromatic nitrogens is 3. The molecular weight excluding hydrogens is 655 g/mol. The number of fused-ring (bicyclic) bond motifs is 7. The van der Waals surface area contributed by atoms with Crippen LogP contribution in [0.25, 0.3) is 79.2 Å². The quantitative estimate of drug-likeness (QED) is 0.180. The van der Waals surface area contributed by atoms with Crippen molar-refractivity contribution in [2.45, 2.75) is 32.1 Å². The average molecular weight is 694 g/mol. The van der Waals surface area contributed by atoms with Gasteiger partial charge in [0.15, 0.2) is 5.82 Å². The molecule has 0 radical (unpaired) electrons. The number of hydrogen-bond donors (Lipinski definition) is 0. The lowest BCUT2D eigenvalue weighted by Gasteiger charge is -2.28. The Bertz CT molecular complexity index is 2700. The normalized spacial score (nSPS) is 13.7. The van der Waals surface area contributed by atoms with Crippen molar-refractivity contribution in [2.75, 3.05) is 0 Å². The highest BCUT2D eigenvalue weighted by Crippen LogP contribution is 2.52. The first-order valence-electron chi connectivity index (χ1n) is 18.9. The molecule has 0 fully saturated rings. The predicted octanol–water partition coefficient (Wildman–Crippen LogP) is 12.9. The first-order valence-corrected chi connectivity index (χ1v) is 18.9. The van der Waals surface area contributed by atoms with Gasteiger partial charge in [-0.25, -0.2) is 9.97 Å². The maximum absolute atomic E-state index is 5.15. The van der Waals surface area contributed by atoms with Crippen LogP contribution < -0.4 is 0 Å². The molecule has 2 heterocycles. The molecule has 8 aromatic rings. The summed E-state index contributed by atoms with van der Waals surface area (Å²) in [5, 5.41) is 0. The fourth-order valence-corrected chi connectivity index (χ4v) is 8.63. The van der Waals surface area contributed by atoms with Gasteiger partial charge in [0.2, 0.25) is 0 Å². The van der Waals surface area contributed by atoms with Gasteiger partial charge in [0.05, 0.1) is 17.1 Å². The minimum Gasteiger partial charge on any atom is -0.309 e. The monoisotopic (exact) mass is 693 g/mol. The van der Waals surface area contributed by atoms with Crippen molar-refractivity contribution in [3.8, 4) is 73.1 Å². The van der Waals surface area contributed by atoms with Gasteiger partial charge in [-0.3, -0.25) is 0 Å². The first kappa shape index (κ1) is 32.1. The van der Waals surface area contributed by atoms with Crippen molar-refractivity contribution in [2.24, 2.45) is 0 Å². The van der Waals surface area contributed by atoms with E-state index in [4.69, 9.17) is 9.97 Å². The molecule has 0 bridgehead atoms. The minimum absolute atomic E-state index is 0.151. The second-order valence-corrected chi connectivity index (χ2v) is 14.9. The molecule has 0 N–H and O–H groups in total. The Balaban J connectivity index is 1.12. The van der Waals surface area contributed by atoms with Gasteiger partial charge in [0, 0.05) is 44.6 Å². The second-order valence-electron chi connectivity index (χ2n) is 14.9. The first-order chi connectivity index (χ1) is 26.5. The Morgan fingerprint density at radius 3 is 1.70 bits per heavy atom. The predicted molar refractivity (Wildman–Crippen MR) is 223 cm³/mol. The van der Waals surface area contributed by atoms with Gasteiger partial charge >= 0.3 is 0 Å². The van der Waals surface area contributed by atoms with Crippen LogP contribution in [-0.4, -0.2) is 14.5 Å². The molecule has 0 saturated heterocycles. The third kappa shape index (κ3) is 5.27. The Labute approximate surface area is 317 Å². The third-order valence-corrected chi connectivity index (χ3v) is 11.3. The summed E-state index contributed by atoms with van der Waals surface area (Å²) in [6.07, 6.45) is 6.73.